The molecule has 3 rings (SSSR count). The van der Waals surface area contributed by atoms with E-state index in [0.717, 1.165) is 12.1 Å². The van der Waals surface area contributed by atoms with Crippen LogP contribution in [0.2, 0.25) is 0 Å². The van der Waals surface area contributed by atoms with Crippen molar-refractivity contribution in [3.63, 3.8) is 0 Å². The maximum atomic E-state index is 12.5. The van der Waals surface area contributed by atoms with Crippen LogP contribution >= 0.6 is 0 Å². The number of amides is 2. The summed E-state index contributed by atoms with van der Waals surface area (Å²) in [5, 5.41) is 7.42. The number of carbonyl (C=O) groups is 2. The predicted molar refractivity (Wildman–Crippen MR) is 84.6 cm³/mol. The standard InChI is InChI=1S/C16H14F3N5O2/c17-16(18,19)11-4-1-10(2-5-11)3-6-14(25)23-7-12(8-23)24-9-13(15(20)26)21-22-24/h1-6,9,12H,7-8H2,(H2,20,26). The molecule has 2 aromatic rings. The maximum absolute atomic E-state index is 12.5. The van der Waals surface area contributed by atoms with Crippen molar-refractivity contribution < 1.29 is 22.8 Å². The Kier molecular flexibility index (Phi) is 4.49. The van der Waals surface area contributed by atoms with Crippen LogP contribution in [0.1, 0.15) is 27.7 Å². The van der Waals surface area contributed by atoms with Gasteiger partial charge in [-0.15, -0.1) is 5.10 Å². The van der Waals surface area contributed by atoms with Crippen molar-refractivity contribution in [2.75, 3.05) is 13.1 Å². The van der Waals surface area contributed by atoms with Crippen molar-refractivity contribution in [3.8, 4) is 0 Å². The summed E-state index contributed by atoms with van der Waals surface area (Å²) >= 11 is 0. The Morgan fingerprint density at radius 3 is 2.38 bits per heavy atom. The third-order valence-corrected chi connectivity index (χ3v) is 3.97. The normalized spacial score (nSPS) is 15.3. The van der Waals surface area contributed by atoms with Crippen LogP contribution in [0.5, 0.6) is 0 Å². The van der Waals surface area contributed by atoms with Gasteiger partial charge in [-0.1, -0.05) is 17.3 Å². The lowest BCUT2D eigenvalue weighted by Crippen LogP contribution is -2.50. The van der Waals surface area contributed by atoms with Crippen LogP contribution in [0.3, 0.4) is 0 Å². The molecule has 10 heteroatoms. The van der Waals surface area contributed by atoms with Gasteiger partial charge in [0, 0.05) is 19.2 Å². The topological polar surface area (TPSA) is 94.1 Å². The lowest BCUT2D eigenvalue weighted by atomic mass is 10.1. The zero-order valence-corrected chi connectivity index (χ0v) is 13.3. The molecule has 0 aliphatic carbocycles. The minimum Gasteiger partial charge on any atom is -0.364 e. The second-order valence-electron chi connectivity index (χ2n) is 5.80. The molecular formula is C16H14F3N5O2. The first kappa shape index (κ1) is 17.6. The van der Waals surface area contributed by atoms with Crippen LogP contribution < -0.4 is 5.73 Å². The monoisotopic (exact) mass is 365 g/mol. The first-order valence-electron chi connectivity index (χ1n) is 7.60. The molecule has 136 valence electrons. The van der Waals surface area contributed by atoms with Gasteiger partial charge < -0.3 is 10.6 Å². The molecule has 0 atom stereocenters. The molecule has 0 saturated carbocycles. The molecule has 2 N–H and O–H groups in total. The summed E-state index contributed by atoms with van der Waals surface area (Å²) in [6, 6.07) is 4.42. The number of aromatic nitrogens is 3. The summed E-state index contributed by atoms with van der Waals surface area (Å²) in [7, 11) is 0. The minimum absolute atomic E-state index is 0.0528. The number of carbonyl (C=O) groups excluding carboxylic acids is 2. The number of halogens is 3. The molecule has 0 unspecified atom stereocenters. The first-order valence-corrected chi connectivity index (χ1v) is 7.60. The molecule has 26 heavy (non-hydrogen) atoms. The number of alkyl halides is 3. The first-order chi connectivity index (χ1) is 12.2. The largest absolute Gasteiger partial charge is 0.416 e. The van der Waals surface area contributed by atoms with Crippen LogP contribution in [0.15, 0.2) is 36.5 Å². The summed E-state index contributed by atoms with van der Waals surface area (Å²) in [4.78, 5) is 24.6. The number of primary amides is 1. The van der Waals surface area contributed by atoms with E-state index in [1.54, 1.807) is 0 Å². The molecule has 0 spiro atoms. The summed E-state index contributed by atoms with van der Waals surface area (Å²) in [5.41, 5.74) is 4.90. The lowest BCUT2D eigenvalue weighted by molar-refractivity contribution is -0.137. The summed E-state index contributed by atoms with van der Waals surface area (Å²) in [6.45, 7) is 0.773. The zero-order chi connectivity index (χ0) is 18.9. The van der Waals surface area contributed by atoms with Crippen LogP contribution in [0.4, 0.5) is 13.2 Å². The van der Waals surface area contributed by atoms with Crippen molar-refractivity contribution >= 4 is 17.9 Å². The number of hydrogen-bond acceptors (Lipinski definition) is 4. The highest BCUT2D eigenvalue weighted by Gasteiger charge is 2.32. The van der Waals surface area contributed by atoms with Gasteiger partial charge in [-0.25, -0.2) is 4.68 Å². The van der Waals surface area contributed by atoms with E-state index in [1.165, 1.54) is 40.1 Å². The van der Waals surface area contributed by atoms with Gasteiger partial charge >= 0.3 is 6.18 Å². The SMILES string of the molecule is NC(=O)c1cn(C2CN(C(=O)C=Cc3ccc(C(F)(F)F)cc3)C2)nn1. The smallest absolute Gasteiger partial charge is 0.364 e. The Labute approximate surface area is 145 Å². The van der Waals surface area contributed by atoms with Crippen LogP contribution in [0, 0.1) is 0 Å². The molecule has 1 fully saturated rings. The van der Waals surface area contributed by atoms with Gasteiger partial charge in [0.1, 0.15) is 0 Å². The Hall–Kier alpha value is -3.17. The van der Waals surface area contributed by atoms with Gasteiger partial charge in [0.25, 0.3) is 5.91 Å². The fourth-order valence-corrected chi connectivity index (χ4v) is 2.43. The van der Waals surface area contributed by atoms with Gasteiger partial charge in [-0.05, 0) is 23.8 Å². The zero-order valence-electron chi connectivity index (χ0n) is 13.3. The van der Waals surface area contributed by atoms with E-state index >= 15 is 0 Å². The van der Waals surface area contributed by atoms with E-state index in [2.05, 4.69) is 10.3 Å². The van der Waals surface area contributed by atoms with E-state index in [1.807, 2.05) is 0 Å². The number of benzene rings is 1. The van der Waals surface area contributed by atoms with Crippen molar-refractivity contribution in [1.29, 1.82) is 0 Å². The summed E-state index contributed by atoms with van der Waals surface area (Å²) in [5.74, 6) is -0.945. The molecule has 1 aliphatic heterocycles. The Morgan fingerprint density at radius 2 is 1.85 bits per heavy atom. The number of nitrogens with two attached hydrogens (primary N) is 1. The van der Waals surface area contributed by atoms with Crippen molar-refractivity contribution in [2.45, 2.75) is 12.2 Å². The number of likely N-dealkylation sites (tertiary alicyclic amines) is 1. The molecule has 2 heterocycles. The second kappa shape index (κ2) is 6.62. The van der Waals surface area contributed by atoms with E-state index in [-0.39, 0.29) is 17.6 Å². The van der Waals surface area contributed by atoms with Crippen LogP contribution in [-0.4, -0.2) is 44.8 Å². The highest BCUT2D eigenvalue weighted by molar-refractivity contribution is 5.92. The highest BCUT2D eigenvalue weighted by atomic mass is 19.4. The maximum Gasteiger partial charge on any atom is 0.416 e. The van der Waals surface area contributed by atoms with Crippen LogP contribution in [-0.2, 0) is 11.0 Å². The molecule has 0 bridgehead atoms. The fourth-order valence-electron chi connectivity index (χ4n) is 2.43. The van der Waals surface area contributed by atoms with E-state index in [9.17, 15) is 22.8 Å². The quantitative estimate of drug-likeness (QED) is 0.831. The van der Waals surface area contributed by atoms with Crippen molar-refractivity contribution in [3.05, 3.63) is 53.4 Å². The minimum atomic E-state index is -4.39. The molecule has 7 nitrogen and oxygen atoms in total. The molecule has 0 radical (unpaired) electrons. The molecule has 1 saturated heterocycles. The Morgan fingerprint density at radius 1 is 1.19 bits per heavy atom. The average molecular weight is 365 g/mol. The predicted octanol–water partition coefficient (Wildman–Crippen LogP) is 1.49. The second-order valence-corrected chi connectivity index (χ2v) is 5.80. The number of rotatable bonds is 4. The third-order valence-electron chi connectivity index (χ3n) is 3.97. The third kappa shape index (κ3) is 3.73. The van der Waals surface area contributed by atoms with Crippen LogP contribution in [0.25, 0.3) is 6.08 Å². The average Bonchev–Trinajstić information content (AvgIpc) is 3.01. The fraction of sp³-hybridized carbons (Fsp3) is 0.250. The van der Waals surface area contributed by atoms with E-state index in [4.69, 9.17) is 5.73 Å². The molecule has 1 aliphatic rings. The van der Waals surface area contributed by atoms with Gasteiger partial charge in [-0.2, -0.15) is 13.2 Å². The van der Waals surface area contributed by atoms with E-state index in [0.29, 0.717) is 18.7 Å². The molecule has 1 aromatic carbocycles. The van der Waals surface area contributed by atoms with Gasteiger partial charge in [-0.3, -0.25) is 9.59 Å². The highest BCUT2D eigenvalue weighted by Crippen LogP contribution is 2.29. The van der Waals surface area contributed by atoms with E-state index < -0.39 is 17.6 Å². The number of nitrogens with zero attached hydrogens (tertiary/aromatic N) is 4. The summed E-state index contributed by atoms with van der Waals surface area (Å²) < 4.78 is 39.0. The Bertz CT molecular complexity index is 852. The Balaban J connectivity index is 1.54. The molecule has 1 aromatic heterocycles. The van der Waals surface area contributed by atoms with Gasteiger partial charge in [0.2, 0.25) is 5.91 Å². The lowest BCUT2D eigenvalue weighted by Gasteiger charge is -2.38. The van der Waals surface area contributed by atoms with Crippen molar-refractivity contribution in [1.82, 2.24) is 19.9 Å². The molecule has 2 amide bonds. The van der Waals surface area contributed by atoms with Gasteiger partial charge in [0.15, 0.2) is 5.69 Å². The van der Waals surface area contributed by atoms with Crippen molar-refractivity contribution in [2.24, 2.45) is 5.73 Å². The van der Waals surface area contributed by atoms with Gasteiger partial charge in [0.05, 0.1) is 17.8 Å². The summed E-state index contributed by atoms with van der Waals surface area (Å²) in [6.07, 6.45) is -0.210. The number of hydrogen-bond donors (Lipinski definition) is 1. The molecular weight excluding hydrogens is 351 g/mol.